The number of benzene rings is 1. The number of methoxy groups -OCH3 is 1. The molecule has 0 bridgehead atoms. The Kier molecular flexibility index (Phi) is 10.0. The van der Waals surface area contributed by atoms with Crippen molar-refractivity contribution in [3.63, 3.8) is 0 Å². The second kappa shape index (κ2) is 11.9. The van der Waals surface area contributed by atoms with Crippen LogP contribution >= 0.6 is 0 Å². The number of hydrogen-bond acceptors (Lipinski definition) is 3. The maximum Gasteiger partial charge on any atom is 0.313 e. The van der Waals surface area contributed by atoms with E-state index < -0.39 is 5.97 Å². The van der Waals surface area contributed by atoms with Crippen LogP contribution < -0.4 is 0 Å². The number of esters is 1. The third-order valence-electron chi connectivity index (χ3n) is 4.13. The molecular formula is C20H30O3. The Bertz CT molecular complexity index is 462. The molecule has 3 heteroatoms. The number of Topliss-reactive ketones (excluding diaryl/α,β-unsaturated/α-hetero) is 1. The fourth-order valence-electron chi connectivity index (χ4n) is 2.63. The van der Waals surface area contributed by atoms with Crippen molar-refractivity contribution in [3.05, 3.63) is 35.4 Å². The summed E-state index contributed by atoms with van der Waals surface area (Å²) >= 11 is 0. The van der Waals surface area contributed by atoms with Crippen molar-refractivity contribution >= 4 is 11.8 Å². The van der Waals surface area contributed by atoms with Gasteiger partial charge >= 0.3 is 5.97 Å². The van der Waals surface area contributed by atoms with E-state index in [-0.39, 0.29) is 12.2 Å². The number of rotatable bonds is 12. The smallest absolute Gasteiger partial charge is 0.313 e. The second-order valence-electron chi connectivity index (χ2n) is 6.10. The van der Waals surface area contributed by atoms with Crippen molar-refractivity contribution in [2.45, 2.75) is 71.1 Å². The van der Waals surface area contributed by atoms with Crippen molar-refractivity contribution in [2.75, 3.05) is 7.11 Å². The van der Waals surface area contributed by atoms with Crippen molar-refractivity contribution in [1.82, 2.24) is 0 Å². The fraction of sp³-hybridized carbons (Fsp3) is 0.600. The molecule has 0 fully saturated rings. The highest BCUT2D eigenvalue weighted by atomic mass is 16.5. The predicted octanol–water partition coefficient (Wildman–Crippen LogP) is 5.12. The monoisotopic (exact) mass is 318 g/mol. The Hall–Kier alpha value is -1.64. The normalized spacial score (nSPS) is 10.5. The van der Waals surface area contributed by atoms with Gasteiger partial charge in [-0.3, -0.25) is 9.59 Å². The first kappa shape index (κ1) is 19.4. The van der Waals surface area contributed by atoms with Gasteiger partial charge in [0.1, 0.15) is 6.42 Å². The molecule has 23 heavy (non-hydrogen) atoms. The van der Waals surface area contributed by atoms with E-state index in [1.165, 1.54) is 64.0 Å². The molecule has 0 spiro atoms. The number of carbonyl (C=O) groups excluding carboxylic acids is 2. The van der Waals surface area contributed by atoms with Gasteiger partial charge in [-0.2, -0.15) is 0 Å². The Balaban J connectivity index is 2.21. The Morgan fingerprint density at radius 2 is 1.43 bits per heavy atom. The minimum absolute atomic E-state index is 0.185. The van der Waals surface area contributed by atoms with Crippen molar-refractivity contribution in [2.24, 2.45) is 0 Å². The minimum Gasteiger partial charge on any atom is -0.469 e. The summed E-state index contributed by atoms with van der Waals surface area (Å²) in [7, 11) is 1.29. The van der Waals surface area contributed by atoms with E-state index in [9.17, 15) is 9.59 Å². The largest absolute Gasteiger partial charge is 0.469 e. The lowest BCUT2D eigenvalue weighted by molar-refractivity contribution is -0.139. The van der Waals surface area contributed by atoms with Crippen LogP contribution in [0.5, 0.6) is 0 Å². The second-order valence-corrected chi connectivity index (χ2v) is 6.10. The van der Waals surface area contributed by atoms with Crippen LogP contribution in [0.3, 0.4) is 0 Å². The molecule has 0 radical (unpaired) electrons. The molecule has 0 aromatic heterocycles. The summed E-state index contributed by atoms with van der Waals surface area (Å²) in [6.45, 7) is 2.24. The van der Waals surface area contributed by atoms with Gasteiger partial charge in [-0.05, 0) is 18.4 Å². The fourth-order valence-corrected chi connectivity index (χ4v) is 2.63. The first-order valence-corrected chi connectivity index (χ1v) is 8.86. The van der Waals surface area contributed by atoms with Crippen LogP contribution in [0.15, 0.2) is 24.3 Å². The van der Waals surface area contributed by atoms with Crippen molar-refractivity contribution < 1.29 is 14.3 Å². The molecule has 1 aromatic carbocycles. The molecule has 0 unspecified atom stereocenters. The zero-order chi connectivity index (χ0) is 16.9. The topological polar surface area (TPSA) is 43.4 Å². The minimum atomic E-state index is -0.488. The highest BCUT2D eigenvalue weighted by Crippen LogP contribution is 2.13. The molecule has 0 saturated heterocycles. The Morgan fingerprint density at radius 3 is 2.00 bits per heavy atom. The van der Waals surface area contributed by atoms with E-state index in [1.54, 1.807) is 0 Å². The first-order chi connectivity index (χ1) is 11.2. The van der Waals surface area contributed by atoms with Gasteiger partial charge in [-0.15, -0.1) is 0 Å². The van der Waals surface area contributed by atoms with Gasteiger partial charge in [0.25, 0.3) is 0 Å². The van der Waals surface area contributed by atoms with Gasteiger partial charge in [-0.25, -0.2) is 0 Å². The SMILES string of the molecule is CCCCCCCCCCc1ccc(C(=O)CC(=O)OC)cc1. The van der Waals surface area contributed by atoms with E-state index in [1.807, 2.05) is 24.3 Å². The molecule has 0 amide bonds. The van der Waals surface area contributed by atoms with Gasteiger partial charge in [0.05, 0.1) is 7.11 Å². The van der Waals surface area contributed by atoms with E-state index in [0.29, 0.717) is 5.56 Å². The number of aryl methyl sites for hydroxylation is 1. The highest BCUT2D eigenvalue weighted by Gasteiger charge is 2.11. The number of carbonyl (C=O) groups is 2. The summed E-state index contributed by atoms with van der Waals surface area (Å²) in [5.41, 5.74) is 1.83. The molecule has 1 rings (SSSR count). The maximum atomic E-state index is 11.8. The van der Waals surface area contributed by atoms with Gasteiger partial charge in [0.15, 0.2) is 5.78 Å². The average molecular weight is 318 g/mol. The van der Waals surface area contributed by atoms with Gasteiger partial charge in [-0.1, -0.05) is 76.1 Å². The molecule has 0 aliphatic carbocycles. The van der Waals surface area contributed by atoms with Crippen LogP contribution in [0.25, 0.3) is 0 Å². The molecule has 0 aliphatic rings. The third kappa shape index (κ3) is 8.53. The zero-order valence-electron chi connectivity index (χ0n) is 14.6. The Labute approximate surface area is 140 Å². The molecule has 0 heterocycles. The summed E-state index contributed by atoms with van der Waals surface area (Å²) in [6.07, 6.45) is 11.4. The van der Waals surface area contributed by atoms with Crippen LogP contribution in [-0.4, -0.2) is 18.9 Å². The lowest BCUT2D eigenvalue weighted by Gasteiger charge is -2.04. The lowest BCUT2D eigenvalue weighted by Crippen LogP contribution is -2.09. The molecule has 3 nitrogen and oxygen atoms in total. The summed E-state index contributed by atoms with van der Waals surface area (Å²) in [5.74, 6) is -0.673. The van der Waals surface area contributed by atoms with Crippen LogP contribution in [0.4, 0.5) is 0 Å². The Morgan fingerprint density at radius 1 is 0.870 bits per heavy atom. The quantitative estimate of drug-likeness (QED) is 0.233. The van der Waals surface area contributed by atoms with Crippen LogP contribution in [-0.2, 0) is 16.0 Å². The standard InChI is InChI=1S/C20H30O3/c1-3-4-5-6-7-8-9-10-11-17-12-14-18(15-13-17)19(21)16-20(22)23-2/h12-15H,3-11,16H2,1-2H3. The molecule has 1 aromatic rings. The maximum absolute atomic E-state index is 11.8. The van der Waals surface area contributed by atoms with E-state index in [2.05, 4.69) is 11.7 Å². The zero-order valence-corrected chi connectivity index (χ0v) is 14.6. The summed E-state index contributed by atoms with van der Waals surface area (Å²) < 4.78 is 4.51. The predicted molar refractivity (Wildman–Crippen MR) is 93.7 cm³/mol. The van der Waals surface area contributed by atoms with Gasteiger partial charge in [0.2, 0.25) is 0 Å². The van der Waals surface area contributed by atoms with E-state index >= 15 is 0 Å². The summed E-state index contributed by atoms with van der Waals surface area (Å²) in [4.78, 5) is 22.9. The number of ketones is 1. The molecule has 0 aliphatic heterocycles. The average Bonchev–Trinajstić information content (AvgIpc) is 2.57. The van der Waals surface area contributed by atoms with Gasteiger partial charge < -0.3 is 4.74 Å². The number of ether oxygens (including phenoxy) is 1. The molecular weight excluding hydrogens is 288 g/mol. The van der Waals surface area contributed by atoms with Crippen molar-refractivity contribution in [1.29, 1.82) is 0 Å². The third-order valence-corrected chi connectivity index (χ3v) is 4.13. The van der Waals surface area contributed by atoms with Crippen LogP contribution in [0.2, 0.25) is 0 Å². The summed E-state index contributed by atoms with van der Waals surface area (Å²) in [6, 6.07) is 7.61. The first-order valence-electron chi connectivity index (χ1n) is 8.86. The molecule has 128 valence electrons. The van der Waals surface area contributed by atoms with Gasteiger partial charge in [0, 0.05) is 5.56 Å². The van der Waals surface area contributed by atoms with E-state index in [4.69, 9.17) is 0 Å². The van der Waals surface area contributed by atoms with Crippen LogP contribution in [0, 0.1) is 0 Å². The molecule has 0 saturated carbocycles. The highest BCUT2D eigenvalue weighted by molar-refractivity contribution is 6.05. The van der Waals surface area contributed by atoms with E-state index in [0.717, 1.165) is 6.42 Å². The number of hydrogen-bond donors (Lipinski definition) is 0. The summed E-state index contributed by atoms with van der Waals surface area (Å²) in [5, 5.41) is 0. The lowest BCUT2D eigenvalue weighted by atomic mass is 10.0. The molecule has 0 N–H and O–H groups in total. The van der Waals surface area contributed by atoms with Crippen molar-refractivity contribution in [3.8, 4) is 0 Å². The molecule has 0 atom stereocenters. The van der Waals surface area contributed by atoms with Crippen LogP contribution in [0.1, 0.15) is 80.6 Å². The number of unbranched alkanes of at least 4 members (excludes halogenated alkanes) is 7.